The largest absolute Gasteiger partial charge is 0.465 e. The molecule has 0 radical (unpaired) electrons. The van der Waals surface area contributed by atoms with Crippen molar-refractivity contribution in [2.24, 2.45) is 11.7 Å². The van der Waals surface area contributed by atoms with Crippen LogP contribution in [0, 0.1) is 5.92 Å². The van der Waals surface area contributed by atoms with Gasteiger partial charge >= 0.3 is 5.97 Å². The van der Waals surface area contributed by atoms with Gasteiger partial charge in [0.25, 0.3) is 0 Å². The smallest absolute Gasteiger partial charge is 0.326 e. The molecule has 0 aromatic heterocycles. The Morgan fingerprint density at radius 1 is 1.24 bits per heavy atom. The Hall–Kier alpha value is -0.650. The van der Waals surface area contributed by atoms with Crippen molar-refractivity contribution in [1.29, 1.82) is 0 Å². The van der Waals surface area contributed by atoms with E-state index < -0.39 is 5.54 Å². The van der Waals surface area contributed by atoms with Gasteiger partial charge in [0.15, 0.2) is 0 Å². The fraction of sp³-hybridized carbons (Fsp3) is 0.938. The molecule has 0 aromatic rings. The summed E-state index contributed by atoms with van der Waals surface area (Å²) in [4.78, 5) is 17.1. The number of carbonyl (C=O) groups is 1. The third-order valence-corrected chi connectivity index (χ3v) is 5.34. The maximum Gasteiger partial charge on any atom is 0.326 e. The average Bonchev–Trinajstić information content (AvgIpc) is 3.20. The molecule has 1 aliphatic heterocycles. The molecule has 2 saturated carbocycles. The number of ether oxygens (including phenoxy) is 1. The summed E-state index contributed by atoms with van der Waals surface area (Å²) in [6, 6.07) is 0.461. The van der Waals surface area contributed by atoms with Crippen LogP contribution in [0.15, 0.2) is 0 Å². The van der Waals surface area contributed by atoms with Crippen LogP contribution in [0.4, 0.5) is 0 Å². The lowest BCUT2D eigenvalue weighted by atomic mass is 9.99. The second-order valence-corrected chi connectivity index (χ2v) is 7.05. The molecule has 1 heterocycles. The Balaban J connectivity index is 1.46. The zero-order valence-electron chi connectivity index (χ0n) is 13.2. The number of carbonyl (C=O) groups excluding carboxylic acids is 1. The summed E-state index contributed by atoms with van der Waals surface area (Å²) in [6.07, 6.45) is 5.40. The van der Waals surface area contributed by atoms with Crippen LogP contribution in [-0.2, 0) is 9.53 Å². The molecule has 0 spiro atoms. The van der Waals surface area contributed by atoms with Crippen LogP contribution in [0.2, 0.25) is 0 Å². The zero-order chi connectivity index (χ0) is 14.9. The summed E-state index contributed by atoms with van der Waals surface area (Å²) < 4.78 is 5.14. The molecule has 2 N–H and O–H groups in total. The van der Waals surface area contributed by atoms with Crippen molar-refractivity contribution >= 4 is 5.97 Å². The first-order valence-corrected chi connectivity index (χ1v) is 8.53. The van der Waals surface area contributed by atoms with Gasteiger partial charge in [0, 0.05) is 38.8 Å². The number of rotatable bonds is 5. The highest BCUT2D eigenvalue weighted by Crippen LogP contribution is 2.33. The van der Waals surface area contributed by atoms with Gasteiger partial charge in [0.1, 0.15) is 5.54 Å². The molecule has 3 fully saturated rings. The van der Waals surface area contributed by atoms with Crippen LogP contribution in [0.3, 0.4) is 0 Å². The Bertz CT molecular complexity index is 378. The SMILES string of the molecule is CCOC(=O)C1(N)CCC(N2CCN(CC3CC3)CC2)C1. The number of hydrogen-bond donors (Lipinski definition) is 1. The summed E-state index contributed by atoms with van der Waals surface area (Å²) in [7, 11) is 0. The average molecular weight is 295 g/mol. The van der Waals surface area contributed by atoms with Crippen LogP contribution in [0.25, 0.3) is 0 Å². The molecule has 2 atom stereocenters. The number of nitrogens with zero attached hydrogens (tertiary/aromatic N) is 2. The van der Waals surface area contributed by atoms with Gasteiger partial charge < -0.3 is 15.4 Å². The molecule has 2 unspecified atom stereocenters. The van der Waals surface area contributed by atoms with Gasteiger partial charge in [-0.05, 0) is 44.9 Å². The van der Waals surface area contributed by atoms with E-state index in [-0.39, 0.29) is 5.97 Å². The minimum absolute atomic E-state index is 0.208. The predicted molar refractivity (Wildman–Crippen MR) is 81.9 cm³/mol. The van der Waals surface area contributed by atoms with Gasteiger partial charge in [-0.3, -0.25) is 9.69 Å². The summed E-state index contributed by atoms with van der Waals surface area (Å²) >= 11 is 0. The molecular formula is C16H29N3O2. The standard InChI is InChI=1S/C16H29N3O2/c1-2-21-15(20)16(17)6-5-14(11-16)19-9-7-18(8-10-19)12-13-3-4-13/h13-14H,2-12,17H2,1H3. The molecular weight excluding hydrogens is 266 g/mol. The molecule has 1 saturated heterocycles. The van der Waals surface area contributed by atoms with Gasteiger partial charge in [-0.15, -0.1) is 0 Å². The third kappa shape index (κ3) is 3.58. The summed E-state index contributed by atoms with van der Waals surface area (Å²) in [5.41, 5.74) is 5.53. The lowest BCUT2D eigenvalue weighted by Crippen LogP contribution is -2.52. The minimum Gasteiger partial charge on any atom is -0.465 e. The minimum atomic E-state index is -0.744. The third-order valence-electron chi connectivity index (χ3n) is 5.34. The quantitative estimate of drug-likeness (QED) is 0.761. The topological polar surface area (TPSA) is 58.8 Å². The number of nitrogens with two attached hydrogens (primary N) is 1. The Morgan fingerprint density at radius 2 is 1.95 bits per heavy atom. The number of piperazine rings is 1. The molecule has 120 valence electrons. The molecule has 0 aromatic carbocycles. The van der Waals surface area contributed by atoms with Gasteiger partial charge in [0.05, 0.1) is 6.61 Å². The van der Waals surface area contributed by atoms with E-state index in [4.69, 9.17) is 10.5 Å². The van der Waals surface area contributed by atoms with Gasteiger partial charge in [-0.1, -0.05) is 0 Å². The molecule has 21 heavy (non-hydrogen) atoms. The zero-order valence-corrected chi connectivity index (χ0v) is 13.2. The highest BCUT2D eigenvalue weighted by Gasteiger charge is 2.45. The van der Waals surface area contributed by atoms with Crippen molar-refractivity contribution < 1.29 is 9.53 Å². The van der Waals surface area contributed by atoms with Crippen LogP contribution in [0.1, 0.15) is 39.0 Å². The fourth-order valence-corrected chi connectivity index (χ4v) is 3.80. The van der Waals surface area contributed by atoms with Crippen molar-refractivity contribution in [3.63, 3.8) is 0 Å². The van der Waals surface area contributed by atoms with Gasteiger partial charge in [0.2, 0.25) is 0 Å². The van der Waals surface area contributed by atoms with E-state index in [1.807, 2.05) is 6.92 Å². The van der Waals surface area contributed by atoms with Gasteiger partial charge in [-0.2, -0.15) is 0 Å². The highest BCUT2D eigenvalue weighted by atomic mass is 16.5. The van der Waals surface area contributed by atoms with E-state index in [9.17, 15) is 4.79 Å². The lowest BCUT2D eigenvalue weighted by Gasteiger charge is -2.38. The molecule has 5 heteroatoms. The van der Waals surface area contributed by atoms with E-state index >= 15 is 0 Å². The van der Waals surface area contributed by atoms with E-state index in [1.54, 1.807) is 0 Å². The summed E-state index contributed by atoms with van der Waals surface area (Å²) in [5, 5.41) is 0. The predicted octanol–water partition coefficient (Wildman–Crippen LogP) is 0.827. The lowest BCUT2D eigenvalue weighted by molar-refractivity contribution is -0.149. The summed E-state index contributed by atoms with van der Waals surface area (Å²) in [5.74, 6) is 0.767. The van der Waals surface area contributed by atoms with Gasteiger partial charge in [-0.25, -0.2) is 0 Å². The van der Waals surface area contributed by atoms with E-state index in [1.165, 1.54) is 32.5 Å². The first-order chi connectivity index (χ1) is 10.1. The highest BCUT2D eigenvalue weighted by molar-refractivity contribution is 5.81. The van der Waals surface area contributed by atoms with Crippen molar-refractivity contribution in [3.05, 3.63) is 0 Å². The maximum atomic E-state index is 12.0. The second kappa shape index (κ2) is 6.23. The van der Waals surface area contributed by atoms with Crippen molar-refractivity contribution in [2.45, 2.75) is 50.6 Å². The maximum absolute atomic E-state index is 12.0. The number of hydrogen-bond acceptors (Lipinski definition) is 5. The van der Waals surface area contributed by atoms with E-state index in [0.717, 1.165) is 38.3 Å². The Kier molecular flexibility index (Phi) is 4.52. The first kappa shape index (κ1) is 15.3. The Labute approximate surface area is 127 Å². The van der Waals surface area contributed by atoms with Crippen molar-refractivity contribution in [1.82, 2.24) is 9.80 Å². The molecule has 0 bridgehead atoms. The Morgan fingerprint density at radius 3 is 2.57 bits per heavy atom. The van der Waals surface area contributed by atoms with Crippen LogP contribution in [-0.4, -0.2) is 66.7 Å². The van der Waals surface area contributed by atoms with Crippen LogP contribution in [0.5, 0.6) is 0 Å². The molecule has 0 amide bonds. The second-order valence-electron chi connectivity index (χ2n) is 7.05. The van der Waals surface area contributed by atoms with Crippen molar-refractivity contribution in [3.8, 4) is 0 Å². The molecule has 2 aliphatic carbocycles. The van der Waals surface area contributed by atoms with Crippen molar-refractivity contribution in [2.75, 3.05) is 39.3 Å². The van der Waals surface area contributed by atoms with Crippen LogP contribution >= 0.6 is 0 Å². The van der Waals surface area contributed by atoms with E-state index in [2.05, 4.69) is 9.80 Å². The fourth-order valence-electron chi connectivity index (χ4n) is 3.80. The molecule has 3 aliphatic rings. The molecule has 3 rings (SSSR count). The molecule has 5 nitrogen and oxygen atoms in total. The first-order valence-electron chi connectivity index (χ1n) is 8.53. The number of esters is 1. The van der Waals surface area contributed by atoms with E-state index in [0.29, 0.717) is 12.6 Å². The monoisotopic (exact) mass is 295 g/mol. The normalized spacial score (nSPS) is 35.0. The van der Waals surface area contributed by atoms with Crippen LogP contribution < -0.4 is 5.73 Å². The summed E-state index contributed by atoms with van der Waals surface area (Å²) in [6.45, 7) is 8.14.